The van der Waals surface area contributed by atoms with E-state index < -0.39 is 11.2 Å². The average Bonchev–Trinajstić information content (AvgIpc) is 3.03. The first kappa shape index (κ1) is 16.2. The van der Waals surface area contributed by atoms with Crippen LogP contribution in [0, 0.1) is 0 Å². The van der Waals surface area contributed by atoms with Crippen molar-refractivity contribution in [1.29, 1.82) is 0 Å². The number of aromatic amines is 1. The number of hydrogen-bond acceptors (Lipinski definition) is 5. The van der Waals surface area contributed by atoms with Gasteiger partial charge in [-0.3, -0.25) is 19.3 Å². The number of carbonyl (C=O) groups excluding carboxylic acids is 1. The molecule has 0 aromatic carbocycles. The number of aromatic nitrogens is 4. The van der Waals surface area contributed by atoms with Gasteiger partial charge in [0.05, 0.1) is 17.9 Å². The summed E-state index contributed by atoms with van der Waals surface area (Å²) in [7, 11) is 0. The molecule has 1 aliphatic heterocycles. The van der Waals surface area contributed by atoms with Crippen LogP contribution in [-0.4, -0.2) is 38.5 Å². The number of ether oxygens (including phenoxy) is 1. The molecule has 0 bridgehead atoms. The van der Waals surface area contributed by atoms with E-state index in [4.69, 9.17) is 4.74 Å². The highest BCUT2D eigenvalue weighted by Gasteiger charge is 2.16. The van der Waals surface area contributed by atoms with Crippen LogP contribution in [-0.2, 0) is 16.1 Å². The van der Waals surface area contributed by atoms with E-state index in [9.17, 15) is 14.4 Å². The quantitative estimate of drug-likeness (QED) is 0.807. The number of nitrogens with zero attached hydrogens (tertiary/aromatic N) is 3. The van der Waals surface area contributed by atoms with Gasteiger partial charge in [0, 0.05) is 44.6 Å². The first-order chi connectivity index (χ1) is 11.6. The zero-order valence-electron chi connectivity index (χ0n) is 13.1. The van der Waals surface area contributed by atoms with Crippen molar-refractivity contribution < 1.29 is 9.53 Å². The van der Waals surface area contributed by atoms with Crippen molar-refractivity contribution in [1.82, 2.24) is 19.3 Å². The summed E-state index contributed by atoms with van der Waals surface area (Å²) in [5.74, 6) is -0.223. The molecule has 9 heteroatoms. The molecule has 2 aromatic heterocycles. The Kier molecular flexibility index (Phi) is 4.90. The molecule has 3 rings (SSSR count). The Morgan fingerprint density at radius 3 is 2.92 bits per heavy atom. The number of aryl methyl sites for hydroxylation is 1. The van der Waals surface area contributed by atoms with Gasteiger partial charge in [0.1, 0.15) is 0 Å². The maximum absolute atomic E-state index is 12.0. The van der Waals surface area contributed by atoms with Crippen molar-refractivity contribution in [3.05, 3.63) is 45.5 Å². The minimum absolute atomic E-state index is 0.119. The molecule has 0 aliphatic carbocycles. The average molecular weight is 333 g/mol. The second-order valence-corrected chi connectivity index (χ2v) is 5.65. The van der Waals surface area contributed by atoms with Gasteiger partial charge in [0.15, 0.2) is 0 Å². The van der Waals surface area contributed by atoms with E-state index in [1.165, 1.54) is 16.8 Å². The van der Waals surface area contributed by atoms with Crippen LogP contribution in [0.3, 0.4) is 0 Å². The zero-order chi connectivity index (χ0) is 16.9. The fraction of sp³-hybridized carbons (Fsp3) is 0.467. The molecule has 1 aliphatic rings. The fourth-order valence-electron chi connectivity index (χ4n) is 2.62. The fourth-order valence-corrected chi connectivity index (χ4v) is 2.62. The van der Waals surface area contributed by atoms with Gasteiger partial charge in [-0.2, -0.15) is 5.10 Å². The lowest BCUT2D eigenvalue weighted by molar-refractivity contribution is -0.116. The van der Waals surface area contributed by atoms with Crippen molar-refractivity contribution in [2.45, 2.75) is 31.8 Å². The first-order valence-electron chi connectivity index (χ1n) is 7.83. The summed E-state index contributed by atoms with van der Waals surface area (Å²) in [6.45, 7) is 1.63. The first-order valence-corrected chi connectivity index (χ1v) is 7.83. The Balaban J connectivity index is 1.54. The minimum atomic E-state index is -0.525. The molecule has 3 heterocycles. The van der Waals surface area contributed by atoms with E-state index in [-0.39, 0.29) is 18.9 Å². The molecular formula is C15H19N5O4. The van der Waals surface area contributed by atoms with E-state index in [1.54, 1.807) is 12.4 Å². The summed E-state index contributed by atoms with van der Waals surface area (Å²) in [5.41, 5.74) is -0.357. The minimum Gasteiger partial charge on any atom is -0.381 e. The summed E-state index contributed by atoms with van der Waals surface area (Å²) in [5, 5.41) is 7.05. The molecule has 0 saturated carbocycles. The zero-order valence-corrected chi connectivity index (χ0v) is 13.1. The lowest BCUT2D eigenvalue weighted by Crippen LogP contribution is -2.29. The van der Waals surface area contributed by atoms with Crippen molar-refractivity contribution >= 4 is 11.6 Å². The van der Waals surface area contributed by atoms with E-state index in [1.807, 2.05) is 4.68 Å². The van der Waals surface area contributed by atoms with Gasteiger partial charge in [0.25, 0.3) is 5.56 Å². The predicted molar refractivity (Wildman–Crippen MR) is 85.9 cm³/mol. The van der Waals surface area contributed by atoms with E-state index >= 15 is 0 Å². The molecule has 2 aromatic rings. The van der Waals surface area contributed by atoms with Crippen molar-refractivity contribution in [2.75, 3.05) is 18.5 Å². The van der Waals surface area contributed by atoms with Crippen LogP contribution in [0.5, 0.6) is 0 Å². The highest BCUT2D eigenvalue weighted by atomic mass is 16.5. The summed E-state index contributed by atoms with van der Waals surface area (Å²) in [6.07, 6.45) is 6.72. The van der Waals surface area contributed by atoms with Crippen LogP contribution < -0.4 is 16.6 Å². The molecule has 1 fully saturated rings. The summed E-state index contributed by atoms with van der Waals surface area (Å²) in [4.78, 5) is 36.7. The Morgan fingerprint density at radius 1 is 1.38 bits per heavy atom. The predicted octanol–water partition coefficient (Wildman–Crippen LogP) is 0.113. The molecule has 9 nitrogen and oxygen atoms in total. The van der Waals surface area contributed by atoms with Crippen LogP contribution in [0.4, 0.5) is 5.69 Å². The normalized spacial score (nSPS) is 15.3. The topological polar surface area (TPSA) is 111 Å². The van der Waals surface area contributed by atoms with Gasteiger partial charge < -0.3 is 14.6 Å². The van der Waals surface area contributed by atoms with Gasteiger partial charge in [-0.1, -0.05) is 0 Å². The molecule has 0 unspecified atom stereocenters. The molecule has 0 spiro atoms. The second kappa shape index (κ2) is 7.26. The molecule has 24 heavy (non-hydrogen) atoms. The standard InChI is InChI=1S/C15H19N5O4/c21-13(1-5-19-6-2-14(22)18-15(19)23)17-11-9-16-20(10-11)12-3-7-24-8-4-12/h2,6,9-10,12H,1,3-5,7-8H2,(H,17,21)(H,18,22,23). The lowest BCUT2D eigenvalue weighted by atomic mass is 10.1. The van der Waals surface area contributed by atoms with Crippen molar-refractivity contribution in [2.24, 2.45) is 0 Å². The number of carbonyl (C=O) groups is 1. The van der Waals surface area contributed by atoms with Gasteiger partial charge in [-0.15, -0.1) is 0 Å². The number of hydrogen-bond donors (Lipinski definition) is 2. The van der Waals surface area contributed by atoms with Crippen LogP contribution in [0.2, 0.25) is 0 Å². The van der Waals surface area contributed by atoms with E-state index in [0.717, 1.165) is 26.1 Å². The highest BCUT2D eigenvalue weighted by molar-refractivity contribution is 5.90. The second-order valence-electron chi connectivity index (χ2n) is 5.65. The molecule has 1 saturated heterocycles. The molecule has 0 radical (unpaired) electrons. The van der Waals surface area contributed by atoms with E-state index in [2.05, 4.69) is 15.4 Å². The Hall–Kier alpha value is -2.68. The molecule has 0 atom stereocenters. The molecular weight excluding hydrogens is 314 g/mol. The van der Waals surface area contributed by atoms with Crippen LogP contribution in [0.25, 0.3) is 0 Å². The number of anilines is 1. The Morgan fingerprint density at radius 2 is 2.17 bits per heavy atom. The largest absolute Gasteiger partial charge is 0.381 e. The molecule has 1 amide bonds. The van der Waals surface area contributed by atoms with Crippen molar-refractivity contribution in [3.63, 3.8) is 0 Å². The van der Waals surface area contributed by atoms with Gasteiger partial charge in [0.2, 0.25) is 5.91 Å². The lowest BCUT2D eigenvalue weighted by Gasteiger charge is -2.22. The van der Waals surface area contributed by atoms with E-state index in [0.29, 0.717) is 11.7 Å². The maximum Gasteiger partial charge on any atom is 0.328 e. The summed E-state index contributed by atoms with van der Waals surface area (Å²) in [6, 6.07) is 1.54. The SMILES string of the molecule is O=C(CCn1ccc(=O)[nH]c1=O)Nc1cnn(C2CCOCC2)c1. The number of H-pyrrole nitrogens is 1. The summed E-state index contributed by atoms with van der Waals surface area (Å²) >= 11 is 0. The molecule has 128 valence electrons. The summed E-state index contributed by atoms with van der Waals surface area (Å²) < 4.78 is 8.46. The molecule has 2 N–H and O–H groups in total. The maximum atomic E-state index is 12.0. The smallest absolute Gasteiger partial charge is 0.328 e. The van der Waals surface area contributed by atoms with Crippen LogP contribution in [0.1, 0.15) is 25.3 Å². The van der Waals surface area contributed by atoms with Crippen LogP contribution >= 0.6 is 0 Å². The van der Waals surface area contributed by atoms with Crippen molar-refractivity contribution in [3.8, 4) is 0 Å². The van der Waals surface area contributed by atoms with Gasteiger partial charge in [-0.05, 0) is 12.8 Å². The monoisotopic (exact) mass is 333 g/mol. The Bertz CT molecular complexity index is 816. The number of amides is 1. The van der Waals surface area contributed by atoms with Gasteiger partial charge >= 0.3 is 5.69 Å². The third kappa shape index (κ3) is 3.99. The Labute approximate surface area is 137 Å². The number of rotatable bonds is 5. The van der Waals surface area contributed by atoms with Gasteiger partial charge in [-0.25, -0.2) is 4.79 Å². The third-order valence-electron chi connectivity index (χ3n) is 3.93. The van der Waals surface area contributed by atoms with Crippen LogP contribution in [0.15, 0.2) is 34.2 Å². The third-order valence-corrected chi connectivity index (χ3v) is 3.93. The highest BCUT2D eigenvalue weighted by Crippen LogP contribution is 2.21. The number of nitrogens with one attached hydrogen (secondary N) is 2.